The van der Waals surface area contributed by atoms with E-state index in [2.05, 4.69) is 79.9 Å². The zero-order chi connectivity index (χ0) is 36.4. The van der Waals surface area contributed by atoms with E-state index in [-0.39, 0.29) is 12.5 Å². The van der Waals surface area contributed by atoms with Gasteiger partial charge in [0.05, 0.1) is 18.8 Å². The molecule has 50 heavy (non-hydrogen) atoms. The molecule has 4 heteroatoms. The number of hydrogen-bond acceptors (Lipinski definition) is 3. The van der Waals surface area contributed by atoms with Crippen LogP contribution >= 0.6 is 0 Å². The monoisotopic (exact) mass is 698 g/mol. The highest BCUT2D eigenvalue weighted by Crippen LogP contribution is 2.15. The Morgan fingerprint density at radius 1 is 0.500 bits per heavy atom. The molecular weight excluding hydrogens is 615 g/mol. The quantitative estimate of drug-likeness (QED) is 0.0444. The highest BCUT2D eigenvalue weighted by molar-refractivity contribution is 5.76. The van der Waals surface area contributed by atoms with Crippen LogP contribution in [0.5, 0.6) is 0 Å². The lowest BCUT2D eigenvalue weighted by atomic mass is 10.0. The van der Waals surface area contributed by atoms with E-state index >= 15 is 0 Å². The van der Waals surface area contributed by atoms with E-state index in [1.165, 1.54) is 122 Å². The fraction of sp³-hybridized carbons (Fsp3) is 0.761. The summed E-state index contributed by atoms with van der Waals surface area (Å²) < 4.78 is 0. The molecule has 290 valence electrons. The summed E-state index contributed by atoms with van der Waals surface area (Å²) >= 11 is 0. The van der Waals surface area contributed by atoms with Crippen molar-refractivity contribution in [3.8, 4) is 0 Å². The van der Waals surface area contributed by atoms with E-state index in [9.17, 15) is 15.0 Å². The number of allylic oxidation sites excluding steroid dienone is 10. The molecule has 0 spiro atoms. The Hall–Kier alpha value is -1.91. The molecule has 0 aliphatic rings. The maximum Gasteiger partial charge on any atom is 0.220 e. The van der Waals surface area contributed by atoms with Gasteiger partial charge in [-0.15, -0.1) is 0 Å². The van der Waals surface area contributed by atoms with E-state index < -0.39 is 12.1 Å². The van der Waals surface area contributed by atoms with Crippen molar-refractivity contribution in [2.75, 3.05) is 6.61 Å². The minimum absolute atomic E-state index is 0.0380. The number of hydrogen-bond donors (Lipinski definition) is 3. The summed E-state index contributed by atoms with van der Waals surface area (Å²) in [6, 6.07) is -0.534. The molecule has 0 aliphatic heterocycles. The Balaban J connectivity index is 3.45. The first-order valence-corrected chi connectivity index (χ1v) is 21.5. The van der Waals surface area contributed by atoms with Gasteiger partial charge in [-0.3, -0.25) is 4.79 Å². The van der Waals surface area contributed by atoms with Crippen LogP contribution in [0.1, 0.15) is 206 Å². The molecule has 3 N–H and O–H groups in total. The number of rotatable bonds is 38. The lowest BCUT2D eigenvalue weighted by Crippen LogP contribution is -2.45. The molecular formula is C46H83NO3. The zero-order valence-corrected chi connectivity index (χ0v) is 33.2. The van der Waals surface area contributed by atoms with Gasteiger partial charge < -0.3 is 15.5 Å². The van der Waals surface area contributed by atoms with Crippen molar-refractivity contribution in [3.63, 3.8) is 0 Å². The summed E-state index contributed by atoms with van der Waals surface area (Å²) in [5.74, 6) is -0.0380. The van der Waals surface area contributed by atoms with Crippen LogP contribution in [0.25, 0.3) is 0 Å². The van der Waals surface area contributed by atoms with E-state index in [0.717, 1.165) is 57.8 Å². The average molecular weight is 698 g/mol. The lowest BCUT2D eigenvalue weighted by Gasteiger charge is -2.22. The summed E-state index contributed by atoms with van der Waals surface area (Å²) in [7, 11) is 0. The molecule has 0 aromatic rings. The third kappa shape index (κ3) is 37.3. The summed E-state index contributed by atoms with van der Waals surface area (Å²) in [4.78, 5) is 12.3. The van der Waals surface area contributed by atoms with Crippen LogP contribution in [0.4, 0.5) is 0 Å². The first kappa shape index (κ1) is 48.1. The number of nitrogens with one attached hydrogen (secondary N) is 1. The van der Waals surface area contributed by atoms with Crippen molar-refractivity contribution in [3.05, 3.63) is 60.8 Å². The second kappa shape index (κ2) is 41.5. The first-order valence-electron chi connectivity index (χ1n) is 21.5. The van der Waals surface area contributed by atoms with Crippen molar-refractivity contribution in [2.45, 2.75) is 219 Å². The molecule has 0 saturated carbocycles. The van der Waals surface area contributed by atoms with Crippen LogP contribution < -0.4 is 5.32 Å². The molecule has 2 atom stereocenters. The molecule has 0 saturated heterocycles. The van der Waals surface area contributed by atoms with E-state index in [4.69, 9.17) is 0 Å². The van der Waals surface area contributed by atoms with Gasteiger partial charge in [0.2, 0.25) is 5.91 Å². The van der Waals surface area contributed by atoms with Gasteiger partial charge in [0.25, 0.3) is 0 Å². The van der Waals surface area contributed by atoms with Crippen LogP contribution in [-0.4, -0.2) is 34.9 Å². The van der Waals surface area contributed by atoms with Crippen LogP contribution in [0.3, 0.4) is 0 Å². The topological polar surface area (TPSA) is 69.6 Å². The Morgan fingerprint density at radius 2 is 0.880 bits per heavy atom. The van der Waals surface area contributed by atoms with Gasteiger partial charge in [-0.2, -0.15) is 0 Å². The van der Waals surface area contributed by atoms with Crippen LogP contribution in [0, 0.1) is 0 Å². The summed E-state index contributed by atoms with van der Waals surface area (Å²) in [5, 5.41) is 22.9. The predicted molar refractivity (Wildman–Crippen MR) is 221 cm³/mol. The Bertz CT molecular complexity index is 842. The number of unbranched alkanes of at least 4 members (excludes halogenated alkanes) is 21. The number of carbonyl (C=O) groups is 1. The predicted octanol–water partition coefficient (Wildman–Crippen LogP) is 13.3. The zero-order valence-electron chi connectivity index (χ0n) is 33.2. The standard InChI is InChI=1S/C46H83NO3/c1-3-5-7-9-11-12-13-14-15-16-17-18-19-20-21-22-23-24-25-26-27-28-29-30-31-32-33-34-36-38-40-42-46(50)47-44(43-48)45(49)41-39-37-35-10-8-6-4-2/h5,7,11-12,14-15,17-18,20-21,44-45,48-49H,3-4,6,8-10,13,16,19,22-43H2,1-2H3,(H,47,50)/b7-5-,12-11-,15-14-,18-17-,21-20-. The number of carbonyl (C=O) groups excluding carboxylic acids is 1. The van der Waals surface area contributed by atoms with Crippen LogP contribution in [0.2, 0.25) is 0 Å². The van der Waals surface area contributed by atoms with Crippen molar-refractivity contribution in [1.82, 2.24) is 5.32 Å². The molecule has 0 aromatic heterocycles. The number of aliphatic hydroxyl groups is 2. The molecule has 2 unspecified atom stereocenters. The SMILES string of the molecule is CC/C=C\C/C=C\C/C=C\C/C=C\C/C=C\CCCCCCCCCCCCCCCCCC(=O)NC(CO)C(O)CCCCCCCCC. The second-order valence-corrected chi connectivity index (χ2v) is 14.4. The van der Waals surface area contributed by atoms with Crippen LogP contribution in [-0.2, 0) is 4.79 Å². The largest absolute Gasteiger partial charge is 0.394 e. The van der Waals surface area contributed by atoms with Gasteiger partial charge in [-0.05, 0) is 57.8 Å². The Labute approximate surface area is 311 Å². The van der Waals surface area contributed by atoms with Crippen molar-refractivity contribution >= 4 is 5.91 Å². The molecule has 0 radical (unpaired) electrons. The van der Waals surface area contributed by atoms with Crippen LogP contribution in [0.15, 0.2) is 60.8 Å². The van der Waals surface area contributed by atoms with Gasteiger partial charge >= 0.3 is 0 Å². The Morgan fingerprint density at radius 3 is 1.32 bits per heavy atom. The fourth-order valence-electron chi connectivity index (χ4n) is 6.27. The lowest BCUT2D eigenvalue weighted by molar-refractivity contribution is -0.123. The van der Waals surface area contributed by atoms with Crippen molar-refractivity contribution in [1.29, 1.82) is 0 Å². The summed E-state index contributed by atoms with van der Waals surface area (Å²) in [5.41, 5.74) is 0. The minimum atomic E-state index is -0.657. The van der Waals surface area contributed by atoms with E-state index in [1.807, 2.05) is 0 Å². The summed E-state index contributed by atoms with van der Waals surface area (Å²) in [6.07, 6.45) is 57.5. The van der Waals surface area contributed by atoms with E-state index in [0.29, 0.717) is 12.8 Å². The molecule has 1 amide bonds. The molecule has 0 rings (SSSR count). The third-order valence-corrected chi connectivity index (χ3v) is 9.54. The average Bonchev–Trinajstić information content (AvgIpc) is 3.12. The molecule has 4 nitrogen and oxygen atoms in total. The normalized spacial score (nSPS) is 13.6. The minimum Gasteiger partial charge on any atom is -0.394 e. The number of aliphatic hydroxyl groups excluding tert-OH is 2. The third-order valence-electron chi connectivity index (χ3n) is 9.54. The smallest absolute Gasteiger partial charge is 0.220 e. The maximum atomic E-state index is 12.3. The molecule has 0 bridgehead atoms. The Kier molecular flexibility index (Phi) is 39.9. The van der Waals surface area contributed by atoms with Gasteiger partial charge in [0.15, 0.2) is 0 Å². The fourth-order valence-corrected chi connectivity index (χ4v) is 6.27. The molecule has 0 aliphatic carbocycles. The first-order chi connectivity index (χ1) is 24.7. The van der Waals surface area contributed by atoms with Gasteiger partial charge in [0, 0.05) is 6.42 Å². The molecule has 0 aromatic carbocycles. The van der Waals surface area contributed by atoms with Crippen molar-refractivity contribution < 1.29 is 15.0 Å². The van der Waals surface area contributed by atoms with Crippen molar-refractivity contribution in [2.24, 2.45) is 0 Å². The van der Waals surface area contributed by atoms with E-state index in [1.54, 1.807) is 0 Å². The van der Waals surface area contributed by atoms with Gasteiger partial charge in [-0.25, -0.2) is 0 Å². The molecule has 0 fully saturated rings. The second-order valence-electron chi connectivity index (χ2n) is 14.4. The maximum absolute atomic E-state index is 12.3. The number of amides is 1. The van der Waals surface area contributed by atoms with Gasteiger partial charge in [0.1, 0.15) is 0 Å². The highest BCUT2D eigenvalue weighted by Gasteiger charge is 2.19. The van der Waals surface area contributed by atoms with Gasteiger partial charge in [-0.1, -0.05) is 203 Å². The summed E-state index contributed by atoms with van der Waals surface area (Å²) in [6.45, 7) is 4.19. The highest BCUT2D eigenvalue weighted by atomic mass is 16.3. The molecule has 0 heterocycles.